The molecule has 0 aromatic carbocycles. The lowest BCUT2D eigenvalue weighted by Crippen LogP contribution is -2.09. The molecule has 0 saturated heterocycles. The van der Waals surface area contributed by atoms with Crippen LogP contribution in [-0.4, -0.2) is 15.5 Å². The zero-order valence-corrected chi connectivity index (χ0v) is 8.21. The molecule has 2 heterocycles. The average Bonchev–Trinajstić information content (AvgIpc) is 2.81. The van der Waals surface area contributed by atoms with Gasteiger partial charge >= 0.3 is 0 Å². The fraction of sp³-hybridized carbons (Fsp3) is 0.0833. The monoisotopic (exact) mass is 199 g/mol. The van der Waals surface area contributed by atoms with Gasteiger partial charge in [-0.3, -0.25) is 14.3 Å². The average molecular weight is 199 g/mol. The molecule has 0 bridgehead atoms. The van der Waals surface area contributed by atoms with E-state index in [1.165, 1.54) is 0 Å². The maximum atomic E-state index is 11.6. The smallest absolute Gasteiger partial charge is 0.234 e. The van der Waals surface area contributed by atoms with Gasteiger partial charge in [0.1, 0.15) is 0 Å². The second-order valence-electron chi connectivity index (χ2n) is 3.19. The Morgan fingerprint density at radius 1 is 1.27 bits per heavy atom. The van der Waals surface area contributed by atoms with Gasteiger partial charge in [0.2, 0.25) is 5.91 Å². The molecule has 0 unspecified atom stereocenters. The first-order chi connectivity index (χ1) is 7.36. The first-order valence-electron chi connectivity index (χ1n) is 4.76. The summed E-state index contributed by atoms with van der Waals surface area (Å²) in [5.41, 5.74) is 1.09. The molecule has 2 aromatic heterocycles. The predicted octanol–water partition coefficient (Wildman–Crippen LogP) is 1.97. The first-order valence-corrected chi connectivity index (χ1v) is 4.76. The number of rotatable bonds is 3. The SMILES string of the molecule is O=C([CH]Cc1ccncc1)n1cccc1. The van der Waals surface area contributed by atoms with Gasteiger partial charge in [-0.05, 0) is 36.2 Å². The Balaban J connectivity index is 1.92. The van der Waals surface area contributed by atoms with Crippen LogP contribution in [0.2, 0.25) is 0 Å². The van der Waals surface area contributed by atoms with Gasteiger partial charge in [0, 0.05) is 24.8 Å². The molecule has 0 atom stereocenters. The van der Waals surface area contributed by atoms with E-state index >= 15 is 0 Å². The van der Waals surface area contributed by atoms with E-state index in [1.807, 2.05) is 24.3 Å². The summed E-state index contributed by atoms with van der Waals surface area (Å²) in [6.45, 7) is 0. The van der Waals surface area contributed by atoms with Crippen LogP contribution in [0.15, 0.2) is 49.1 Å². The number of carbonyl (C=O) groups is 1. The van der Waals surface area contributed by atoms with E-state index in [0.717, 1.165) is 5.56 Å². The minimum atomic E-state index is -0.00295. The van der Waals surface area contributed by atoms with Gasteiger partial charge in [0.15, 0.2) is 0 Å². The van der Waals surface area contributed by atoms with Crippen molar-refractivity contribution in [1.29, 1.82) is 0 Å². The molecular weight excluding hydrogens is 188 g/mol. The van der Waals surface area contributed by atoms with Crippen molar-refractivity contribution >= 4 is 5.91 Å². The topological polar surface area (TPSA) is 34.9 Å². The summed E-state index contributed by atoms with van der Waals surface area (Å²) >= 11 is 0. The molecule has 0 aliphatic carbocycles. The molecule has 3 heteroatoms. The zero-order chi connectivity index (χ0) is 10.5. The van der Waals surface area contributed by atoms with Crippen molar-refractivity contribution in [3.05, 3.63) is 61.0 Å². The van der Waals surface area contributed by atoms with Gasteiger partial charge in [0.05, 0.1) is 6.42 Å². The summed E-state index contributed by atoms with van der Waals surface area (Å²) in [5, 5.41) is 0. The maximum absolute atomic E-state index is 11.6. The fourth-order valence-corrected chi connectivity index (χ4v) is 1.31. The summed E-state index contributed by atoms with van der Waals surface area (Å²) in [4.78, 5) is 15.5. The largest absolute Gasteiger partial charge is 0.294 e. The van der Waals surface area contributed by atoms with Crippen molar-refractivity contribution in [2.45, 2.75) is 6.42 Å². The van der Waals surface area contributed by atoms with Crippen molar-refractivity contribution in [2.24, 2.45) is 0 Å². The zero-order valence-electron chi connectivity index (χ0n) is 8.21. The van der Waals surface area contributed by atoms with Crippen LogP contribution < -0.4 is 0 Å². The lowest BCUT2D eigenvalue weighted by Gasteiger charge is -2.01. The Hall–Kier alpha value is -1.90. The van der Waals surface area contributed by atoms with E-state index in [4.69, 9.17) is 0 Å². The van der Waals surface area contributed by atoms with E-state index in [0.29, 0.717) is 6.42 Å². The normalized spacial score (nSPS) is 10.1. The Labute approximate surface area is 88.4 Å². The molecule has 0 amide bonds. The van der Waals surface area contributed by atoms with Crippen LogP contribution in [0.3, 0.4) is 0 Å². The molecule has 75 valence electrons. The number of nitrogens with zero attached hydrogens (tertiary/aromatic N) is 2. The van der Waals surface area contributed by atoms with Gasteiger partial charge in [0.25, 0.3) is 0 Å². The van der Waals surface area contributed by atoms with Crippen LogP contribution in [-0.2, 0) is 6.42 Å². The third-order valence-corrected chi connectivity index (χ3v) is 2.12. The van der Waals surface area contributed by atoms with Gasteiger partial charge in [-0.2, -0.15) is 0 Å². The molecule has 3 nitrogen and oxygen atoms in total. The van der Waals surface area contributed by atoms with E-state index in [9.17, 15) is 4.79 Å². The minimum Gasteiger partial charge on any atom is -0.294 e. The second kappa shape index (κ2) is 4.55. The molecule has 2 rings (SSSR count). The van der Waals surface area contributed by atoms with Gasteiger partial charge in [-0.25, -0.2) is 0 Å². The highest BCUT2D eigenvalue weighted by Crippen LogP contribution is 2.02. The molecule has 0 N–H and O–H groups in total. The van der Waals surface area contributed by atoms with Crippen LogP contribution in [0.25, 0.3) is 0 Å². The number of hydrogen-bond acceptors (Lipinski definition) is 2. The lowest BCUT2D eigenvalue weighted by atomic mass is 10.1. The van der Waals surface area contributed by atoms with E-state index in [1.54, 1.807) is 35.8 Å². The van der Waals surface area contributed by atoms with Crippen LogP contribution in [0, 0.1) is 6.42 Å². The predicted molar refractivity (Wildman–Crippen MR) is 57.3 cm³/mol. The molecule has 0 saturated carbocycles. The van der Waals surface area contributed by atoms with Crippen LogP contribution >= 0.6 is 0 Å². The van der Waals surface area contributed by atoms with Crippen molar-refractivity contribution in [3.63, 3.8) is 0 Å². The van der Waals surface area contributed by atoms with Gasteiger partial charge < -0.3 is 0 Å². The molecular formula is C12H11N2O. The van der Waals surface area contributed by atoms with E-state index in [-0.39, 0.29) is 5.91 Å². The molecule has 15 heavy (non-hydrogen) atoms. The van der Waals surface area contributed by atoms with E-state index in [2.05, 4.69) is 4.98 Å². The Morgan fingerprint density at radius 2 is 1.93 bits per heavy atom. The highest BCUT2D eigenvalue weighted by atomic mass is 16.1. The molecule has 0 aliphatic heterocycles. The Morgan fingerprint density at radius 3 is 2.60 bits per heavy atom. The van der Waals surface area contributed by atoms with Crippen molar-refractivity contribution < 1.29 is 4.79 Å². The lowest BCUT2D eigenvalue weighted by molar-refractivity contribution is 0.0948. The Kier molecular flexibility index (Phi) is 2.93. The molecule has 0 spiro atoms. The summed E-state index contributed by atoms with van der Waals surface area (Å²) in [7, 11) is 0. The fourth-order valence-electron chi connectivity index (χ4n) is 1.31. The quantitative estimate of drug-likeness (QED) is 0.757. The number of aromatic nitrogens is 2. The number of pyridine rings is 1. The number of hydrogen-bond donors (Lipinski definition) is 0. The van der Waals surface area contributed by atoms with Crippen molar-refractivity contribution in [1.82, 2.24) is 9.55 Å². The maximum Gasteiger partial charge on any atom is 0.234 e. The highest BCUT2D eigenvalue weighted by Gasteiger charge is 2.03. The van der Waals surface area contributed by atoms with Crippen molar-refractivity contribution in [3.8, 4) is 0 Å². The standard InChI is InChI=1S/C12H11N2O/c15-12(14-9-1-2-10-14)4-3-11-5-7-13-8-6-11/h1-2,4-10H,3H2. The summed E-state index contributed by atoms with van der Waals surface area (Å²) in [6.07, 6.45) is 9.23. The van der Waals surface area contributed by atoms with Crippen LogP contribution in [0.4, 0.5) is 0 Å². The van der Waals surface area contributed by atoms with Gasteiger partial charge in [-0.1, -0.05) is 0 Å². The third kappa shape index (κ3) is 2.53. The minimum absolute atomic E-state index is 0.00295. The number of carbonyl (C=O) groups excluding carboxylic acids is 1. The van der Waals surface area contributed by atoms with E-state index < -0.39 is 0 Å². The first kappa shape index (κ1) is 9.65. The summed E-state index contributed by atoms with van der Waals surface area (Å²) in [5.74, 6) is -0.00295. The van der Waals surface area contributed by atoms with Crippen LogP contribution in [0.5, 0.6) is 0 Å². The Bertz CT molecular complexity index is 420. The summed E-state index contributed by atoms with van der Waals surface area (Å²) < 4.78 is 1.56. The van der Waals surface area contributed by atoms with Crippen molar-refractivity contribution in [2.75, 3.05) is 0 Å². The molecule has 0 fully saturated rings. The molecule has 1 radical (unpaired) electrons. The summed E-state index contributed by atoms with van der Waals surface area (Å²) in [6, 6.07) is 7.47. The molecule has 0 aliphatic rings. The second-order valence-corrected chi connectivity index (χ2v) is 3.19. The van der Waals surface area contributed by atoms with Gasteiger partial charge in [-0.15, -0.1) is 0 Å². The highest BCUT2D eigenvalue weighted by molar-refractivity contribution is 5.87. The third-order valence-electron chi connectivity index (χ3n) is 2.12. The molecule has 2 aromatic rings. The van der Waals surface area contributed by atoms with Crippen LogP contribution in [0.1, 0.15) is 10.4 Å².